The lowest BCUT2D eigenvalue weighted by molar-refractivity contribution is 0.140. The van der Waals surface area contributed by atoms with Gasteiger partial charge in [-0.05, 0) is 34.6 Å². The number of nitrogens with two attached hydrogens (primary N) is 1. The van der Waals surface area contributed by atoms with E-state index in [4.69, 9.17) is 5.73 Å². The molecule has 0 saturated heterocycles. The van der Waals surface area contributed by atoms with E-state index in [0.29, 0.717) is 12.1 Å². The molecule has 1 unspecified atom stereocenters. The van der Waals surface area contributed by atoms with Gasteiger partial charge in [-0.1, -0.05) is 0 Å². The van der Waals surface area contributed by atoms with Crippen LogP contribution in [0.4, 0.5) is 0 Å². The fraction of sp³-hybridized carbons (Fsp3) is 0.875. The maximum Gasteiger partial charge on any atom is 0.0577 e. The molecular weight excluding hydrogens is 124 g/mol. The maximum absolute atomic E-state index is 5.65. The van der Waals surface area contributed by atoms with E-state index in [-0.39, 0.29) is 6.17 Å². The van der Waals surface area contributed by atoms with E-state index >= 15 is 0 Å². The first-order chi connectivity index (χ1) is 4.46. The Morgan fingerprint density at radius 1 is 1.10 bits per heavy atom. The molecule has 0 fully saturated rings. The zero-order chi connectivity index (χ0) is 8.31. The molecule has 61 valence electrons. The molecule has 0 bridgehead atoms. The minimum Gasteiger partial charge on any atom is -0.316 e. The first kappa shape index (κ1) is 9.92. The van der Waals surface area contributed by atoms with Crippen LogP contribution in [0.25, 0.3) is 0 Å². The van der Waals surface area contributed by atoms with Gasteiger partial charge >= 0.3 is 0 Å². The second kappa shape index (κ2) is 3.94. The molecule has 0 amide bonds. The van der Waals surface area contributed by atoms with Gasteiger partial charge in [0, 0.05) is 12.1 Å². The van der Waals surface area contributed by atoms with E-state index in [1.165, 1.54) is 0 Å². The summed E-state index contributed by atoms with van der Waals surface area (Å²) in [5.74, 6) is 0. The van der Waals surface area contributed by atoms with Crippen LogP contribution in [-0.2, 0) is 0 Å². The van der Waals surface area contributed by atoms with Crippen molar-refractivity contribution in [3.63, 3.8) is 0 Å². The average molecular weight is 143 g/mol. The van der Waals surface area contributed by atoms with Crippen molar-refractivity contribution in [1.82, 2.24) is 4.90 Å². The van der Waals surface area contributed by atoms with Crippen LogP contribution in [0, 0.1) is 6.92 Å². The molecule has 1 radical (unpaired) electrons. The van der Waals surface area contributed by atoms with Crippen LogP contribution >= 0.6 is 0 Å². The summed E-state index contributed by atoms with van der Waals surface area (Å²) in [5.41, 5.74) is 5.65. The summed E-state index contributed by atoms with van der Waals surface area (Å²) in [6.45, 7) is 12.3. The number of nitrogens with zero attached hydrogens (tertiary/aromatic N) is 1. The Morgan fingerprint density at radius 3 is 1.40 bits per heavy atom. The first-order valence-electron chi connectivity index (χ1n) is 3.83. The number of hydrogen-bond donors (Lipinski definition) is 1. The van der Waals surface area contributed by atoms with Crippen LogP contribution in [0.5, 0.6) is 0 Å². The smallest absolute Gasteiger partial charge is 0.0577 e. The summed E-state index contributed by atoms with van der Waals surface area (Å²) in [4.78, 5) is 2.17. The molecule has 0 aromatic rings. The number of rotatable bonds is 3. The van der Waals surface area contributed by atoms with Crippen molar-refractivity contribution >= 4 is 0 Å². The lowest BCUT2D eigenvalue weighted by Gasteiger charge is -2.33. The predicted molar refractivity (Wildman–Crippen MR) is 45.4 cm³/mol. The Labute approximate surface area is 64.4 Å². The largest absolute Gasteiger partial charge is 0.316 e. The molecular formula is C8H19N2. The fourth-order valence-electron chi connectivity index (χ4n) is 1.36. The molecule has 0 heterocycles. The van der Waals surface area contributed by atoms with E-state index < -0.39 is 0 Å². The maximum atomic E-state index is 5.65. The van der Waals surface area contributed by atoms with Gasteiger partial charge in [-0.3, -0.25) is 4.90 Å². The zero-order valence-electron chi connectivity index (χ0n) is 7.46. The molecule has 2 N–H and O–H groups in total. The van der Waals surface area contributed by atoms with Crippen LogP contribution in [0.3, 0.4) is 0 Å². The van der Waals surface area contributed by atoms with Crippen molar-refractivity contribution in [2.24, 2.45) is 5.73 Å². The van der Waals surface area contributed by atoms with Crippen LogP contribution in [-0.4, -0.2) is 23.1 Å². The molecule has 2 nitrogen and oxygen atoms in total. The van der Waals surface area contributed by atoms with E-state index in [1.807, 2.05) is 0 Å². The Kier molecular flexibility index (Phi) is 3.91. The third-order valence-corrected chi connectivity index (χ3v) is 1.58. The molecule has 0 rings (SSSR count). The van der Waals surface area contributed by atoms with Gasteiger partial charge in [-0.2, -0.15) is 0 Å². The van der Waals surface area contributed by atoms with Crippen LogP contribution < -0.4 is 5.73 Å². The lowest BCUT2D eigenvalue weighted by atomic mass is 10.2. The summed E-state index contributed by atoms with van der Waals surface area (Å²) in [6.07, 6.45) is -0.0833. The van der Waals surface area contributed by atoms with Gasteiger partial charge in [0.05, 0.1) is 6.17 Å². The van der Waals surface area contributed by atoms with Crippen molar-refractivity contribution < 1.29 is 0 Å². The number of hydrogen-bond acceptors (Lipinski definition) is 2. The van der Waals surface area contributed by atoms with Gasteiger partial charge in [-0.25, -0.2) is 0 Å². The summed E-state index contributed by atoms with van der Waals surface area (Å²) in [6, 6.07) is 0.958. The van der Waals surface area contributed by atoms with Crippen molar-refractivity contribution in [3.8, 4) is 0 Å². The van der Waals surface area contributed by atoms with Crippen molar-refractivity contribution in [1.29, 1.82) is 0 Å². The molecule has 0 saturated carbocycles. The van der Waals surface area contributed by atoms with E-state index in [2.05, 4.69) is 39.5 Å². The Bertz CT molecular complexity index is 68.2. The minimum absolute atomic E-state index is 0.0833. The summed E-state index contributed by atoms with van der Waals surface area (Å²) in [5, 5.41) is 0. The van der Waals surface area contributed by atoms with Gasteiger partial charge < -0.3 is 5.73 Å². The molecule has 0 spiro atoms. The fourth-order valence-corrected chi connectivity index (χ4v) is 1.36. The van der Waals surface area contributed by atoms with Crippen LogP contribution in [0.1, 0.15) is 27.7 Å². The summed E-state index contributed by atoms with van der Waals surface area (Å²) in [7, 11) is 0. The first-order valence-corrected chi connectivity index (χ1v) is 3.83. The summed E-state index contributed by atoms with van der Waals surface area (Å²) >= 11 is 0. The lowest BCUT2D eigenvalue weighted by Crippen LogP contribution is -2.48. The van der Waals surface area contributed by atoms with Crippen molar-refractivity contribution in [3.05, 3.63) is 6.92 Å². The van der Waals surface area contributed by atoms with Crippen LogP contribution in [0.15, 0.2) is 0 Å². The third-order valence-electron chi connectivity index (χ3n) is 1.58. The Morgan fingerprint density at radius 2 is 1.40 bits per heavy atom. The SMILES string of the molecule is [CH2]C(N)N(C(C)C)C(C)C. The third kappa shape index (κ3) is 2.67. The monoisotopic (exact) mass is 143 g/mol. The zero-order valence-corrected chi connectivity index (χ0v) is 7.46. The van der Waals surface area contributed by atoms with Gasteiger partial charge in [-0.15, -0.1) is 0 Å². The van der Waals surface area contributed by atoms with Gasteiger partial charge in [0.15, 0.2) is 0 Å². The van der Waals surface area contributed by atoms with Gasteiger partial charge in [0.1, 0.15) is 0 Å². The topological polar surface area (TPSA) is 29.3 Å². The Balaban J connectivity index is 3.98. The average Bonchev–Trinajstić information content (AvgIpc) is 1.59. The minimum atomic E-state index is -0.0833. The quantitative estimate of drug-likeness (QED) is 0.602. The molecule has 0 aliphatic heterocycles. The molecule has 0 aliphatic carbocycles. The summed E-state index contributed by atoms with van der Waals surface area (Å²) < 4.78 is 0. The predicted octanol–water partition coefficient (Wildman–Crippen LogP) is 1.22. The molecule has 2 heteroatoms. The van der Waals surface area contributed by atoms with E-state index in [0.717, 1.165) is 0 Å². The second-order valence-corrected chi connectivity index (χ2v) is 3.20. The van der Waals surface area contributed by atoms with Crippen LogP contribution in [0.2, 0.25) is 0 Å². The Hall–Kier alpha value is -0.0800. The highest BCUT2D eigenvalue weighted by atomic mass is 15.2. The molecule has 1 atom stereocenters. The standard InChI is InChI=1S/C8H19N2/c1-6(2)10(7(3)4)8(5)9/h6-8H,5,9H2,1-4H3. The van der Waals surface area contributed by atoms with Gasteiger partial charge in [0.25, 0.3) is 0 Å². The van der Waals surface area contributed by atoms with Crippen molar-refractivity contribution in [2.75, 3.05) is 0 Å². The highest BCUT2D eigenvalue weighted by molar-refractivity contribution is 4.74. The van der Waals surface area contributed by atoms with Gasteiger partial charge in [0.2, 0.25) is 0 Å². The normalized spacial score (nSPS) is 15.3. The molecule has 0 aromatic carbocycles. The highest BCUT2D eigenvalue weighted by Crippen LogP contribution is 2.05. The molecule has 10 heavy (non-hydrogen) atoms. The van der Waals surface area contributed by atoms with Crippen molar-refractivity contribution in [2.45, 2.75) is 45.9 Å². The molecule has 0 aromatic heterocycles. The second-order valence-electron chi connectivity index (χ2n) is 3.20. The highest BCUT2D eigenvalue weighted by Gasteiger charge is 2.16. The molecule has 0 aliphatic rings. The van der Waals surface area contributed by atoms with E-state index in [9.17, 15) is 0 Å². The van der Waals surface area contributed by atoms with E-state index in [1.54, 1.807) is 0 Å².